The third-order valence-electron chi connectivity index (χ3n) is 3.50. The fourth-order valence-electron chi connectivity index (χ4n) is 2.44. The second kappa shape index (κ2) is 3.41. The first-order valence-corrected chi connectivity index (χ1v) is 6.20. The lowest BCUT2D eigenvalue weighted by Gasteiger charge is -2.33. The van der Waals surface area contributed by atoms with Crippen LogP contribution in [0.3, 0.4) is 0 Å². The number of hydrogen-bond donors (Lipinski definition) is 0. The summed E-state index contributed by atoms with van der Waals surface area (Å²) in [6, 6.07) is 0. The summed E-state index contributed by atoms with van der Waals surface area (Å²) in [6.45, 7) is 4.26. The van der Waals surface area contributed by atoms with E-state index in [1.807, 2.05) is 6.92 Å². The molecule has 1 saturated carbocycles. The predicted octanol–water partition coefficient (Wildman–Crippen LogP) is 2.40. The summed E-state index contributed by atoms with van der Waals surface area (Å²) in [5, 5.41) is 0. The summed E-state index contributed by atoms with van der Waals surface area (Å²) in [7, 11) is 0. The minimum atomic E-state index is 0.0192. The van der Waals surface area contributed by atoms with E-state index in [2.05, 4.69) is 29.5 Å². The van der Waals surface area contributed by atoms with Gasteiger partial charge in [0.25, 0.3) is 0 Å². The molecule has 5 atom stereocenters. The lowest BCUT2D eigenvalue weighted by Crippen LogP contribution is -2.37. The highest BCUT2D eigenvalue weighted by Gasteiger charge is 2.48. The van der Waals surface area contributed by atoms with Gasteiger partial charge >= 0.3 is 5.97 Å². The van der Waals surface area contributed by atoms with Crippen LogP contribution in [0.25, 0.3) is 0 Å². The normalized spacial score (nSPS) is 50.1. The van der Waals surface area contributed by atoms with E-state index in [1.165, 1.54) is 6.42 Å². The summed E-state index contributed by atoms with van der Waals surface area (Å²) in [4.78, 5) is 11.4. The fraction of sp³-hybridized carbons (Fsp3) is 0.900. The summed E-state index contributed by atoms with van der Waals surface area (Å²) < 4.78 is 5.93. The van der Waals surface area contributed by atoms with Gasteiger partial charge in [0.1, 0.15) is 6.10 Å². The van der Waals surface area contributed by atoms with Crippen LogP contribution in [0.1, 0.15) is 26.7 Å². The van der Waals surface area contributed by atoms with Gasteiger partial charge in [0.15, 0.2) is 0 Å². The zero-order chi connectivity index (χ0) is 9.59. The third-order valence-corrected chi connectivity index (χ3v) is 5.44. The molecule has 13 heavy (non-hydrogen) atoms. The number of carbonyl (C=O) groups is 1. The Bertz CT molecular complexity index is 229. The largest absolute Gasteiger partial charge is 0.461 e. The van der Waals surface area contributed by atoms with Crippen LogP contribution in [0.2, 0.25) is 0 Å². The van der Waals surface area contributed by atoms with Gasteiger partial charge in [-0.1, -0.05) is 36.4 Å². The number of ether oxygens (including phenoxy) is 1. The van der Waals surface area contributed by atoms with Gasteiger partial charge in [-0.05, 0) is 18.8 Å². The van der Waals surface area contributed by atoms with Crippen LogP contribution in [0.4, 0.5) is 0 Å². The number of alkyl halides is 1. The van der Waals surface area contributed by atoms with E-state index in [0.29, 0.717) is 15.8 Å². The van der Waals surface area contributed by atoms with Crippen molar-refractivity contribution in [1.82, 2.24) is 0 Å². The first-order chi connectivity index (χ1) is 6.11. The number of rotatable bonds is 0. The highest BCUT2D eigenvalue weighted by Crippen LogP contribution is 2.43. The lowest BCUT2D eigenvalue weighted by molar-refractivity contribution is -0.144. The monoisotopic (exact) mass is 294 g/mol. The molecule has 1 aliphatic carbocycles. The van der Waals surface area contributed by atoms with Crippen molar-refractivity contribution in [3.63, 3.8) is 0 Å². The molecule has 0 N–H and O–H groups in total. The summed E-state index contributed by atoms with van der Waals surface area (Å²) in [5.41, 5.74) is 0. The molecule has 3 heteroatoms. The second-order valence-electron chi connectivity index (χ2n) is 4.35. The van der Waals surface area contributed by atoms with Crippen LogP contribution in [0.15, 0.2) is 0 Å². The van der Waals surface area contributed by atoms with Gasteiger partial charge in [-0.25, -0.2) is 0 Å². The quantitative estimate of drug-likeness (QED) is 0.389. The smallest absolute Gasteiger partial charge is 0.309 e. The average Bonchev–Trinajstić information content (AvgIpc) is 2.38. The third kappa shape index (κ3) is 1.49. The highest BCUT2D eigenvalue weighted by molar-refractivity contribution is 14.1. The van der Waals surface area contributed by atoms with E-state index < -0.39 is 0 Å². The van der Waals surface area contributed by atoms with E-state index in [0.717, 1.165) is 6.42 Å². The Hall–Kier alpha value is 0.200. The molecule has 0 bridgehead atoms. The van der Waals surface area contributed by atoms with Crippen LogP contribution in [-0.4, -0.2) is 16.0 Å². The molecule has 1 saturated heterocycles. The van der Waals surface area contributed by atoms with Crippen molar-refractivity contribution in [3.8, 4) is 0 Å². The minimum absolute atomic E-state index is 0.0192. The number of carbonyl (C=O) groups excluding carboxylic acids is 1. The molecule has 0 aromatic heterocycles. The molecule has 74 valence electrons. The fourth-order valence-corrected chi connectivity index (χ4v) is 3.48. The maximum absolute atomic E-state index is 11.4. The Labute approximate surface area is 92.5 Å². The Balaban J connectivity index is 2.17. The van der Waals surface area contributed by atoms with Crippen molar-refractivity contribution in [3.05, 3.63) is 0 Å². The van der Waals surface area contributed by atoms with Gasteiger partial charge in [-0.3, -0.25) is 4.79 Å². The topological polar surface area (TPSA) is 26.3 Å². The van der Waals surface area contributed by atoms with E-state index in [4.69, 9.17) is 4.74 Å². The first kappa shape index (κ1) is 9.74. The molecule has 0 aromatic carbocycles. The molecule has 2 nitrogen and oxygen atoms in total. The second-order valence-corrected chi connectivity index (χ2v) is 5.79. The van der Waals surface area contributed by atoms with Crippen molar-refractivity contribution >= 4 is 28.6 Å². The van der Waals surface area contributed by atoms with Gasteiger partial charge in [-0.15, -0.1) is 0 Å². The summed E-state index contributed by atoms with van der Waals surface area (Å²) in [5.74, 6) is 1.34. The van der Waals surface area contributed by atoms with E-state index in [-0.39, 0.29) is 18.0 Å². The van der Waals surface area contributed by atoms with E-state index in [9.17, 15) is 4.79 Å². The number of fused-ring (bicyclic) bond motifs is 1. The zero-order valence-electron chi connectivity index (χ0n) is 8.00. The molecule has 2 rings (SSSR count). The van der Waals surface area contributed by atoms with Crippen LogP contribution in [-0.2, 0) is 9.53 Å². The predicted molar refractivity (Wildman–Crippen MR) is 58.7 cm³/mol. The Morgan fingerprint density at radius 3 is 2.77 bits per heavy atom. The average molecular weight is 294 g/mol. The van der Waals surface area contributed by atoms with Gasteiger partial charge < -0.3 is 4.74 Å². The molecule has 0 aromatic rings. The molecule has 0 amide bonds. The van der Waals surface area contributed by atoms with Crippen molar-refractivity contribution in [1.29, 1.82) is 0 Å². The van der Waals surface area contributed by atoms with Crippen LogP contribution >= 0.6 is 22.6 Å². The Morgan fingerprint density at radius 1 is 1.38 bits per heavy atom. The standard InChI is InChI=1S/C10H15IO2/c1-5-3-4-7-6(2)10(12)13-9(7)8(5)11/h5-9H,3-4H2,1-2H3/t5-,6-,7+,8-,9-/m1/s1. The molecule has 1 heterocycles. The minimum Gasteiger partial charge on any atom is -0.461 e. The Kier molecular flexibility index (Phi) is 2.55. The zero-order valence-corrected chi connectivity index (χ0v) is 10.2. The molecular formula is C10H15IO2. The van der Waals surface area contributed by atoms with Gasteiger partial charge in [0, 0.05) is 5.92 Å². The van der Waals surface area contributed by atoms with E-state index in [1.54, 1.807) is 0 Å². The number of esters is 1. The SMILES string of the molecule is C[C@@H]1CC[C@@H]2[C@@H](OC(=O)[C@@H]2C)[C@@H]1I. The summed E-state index contributed by atoms with van der Waals surface area (Å²) >= 11 is 2.44. The number of halogens is 1. The van der Waals surface area contributed by atoms with Crippen molar-refractivity contribution < 1.29 is 9.53 Å². The maximum Gasteiger partial charge on any atom is 0.309 e. The van der Waals surface area contributed by atoms with Gasteiger partial charge in [-0.2, -0.15) is 0 Å². The van der Waals surface area contributed by atoms with Gasteiger partial charge in [0.2, 0.25) is 0 Å². The van der Waals surface area contributed by atoms with Crippen LogP contribution in [0, 0.1) is 17.8 Å². The van der Waals surface area contributed by atoms with Gasteiger partial charge in [0.05, 0.1) is 9.84 Å². The van der Waals surface area contributed by atoms with Crippen LogP contribution in [0.5, 0.6) is 0 Å². The molecule has 2 aliphatic rings. The molecule has 0 radical (unpaired) electrons. The Morgan fingerprint density at radius 2 is 2.08 bits per heavy atom. The van der Waals surface area contributed by atoms with Crippen molar-refractivity contribution in [2.45, 2.75) is 36.7 Å². The van der Waals surface area contributed by atoms with E-state index >= 15 is 0 Å². The molecule has 0 spiro atoms. The lowest BCUT2D eigenvalue weighted by atomic mass is 9.77. The molecule has 2 fully saturated rings. The molecular weight excluding hydrogens is 279 g/mol. The first-order valence-electron chi connectivity index (χ1n) is 4.96. The summed E-state index contributed by atoms with van der Waals surface area (Å²) in [6.07, 6.45) is 2.61. The molecule has 0 unspecified atom stereocenters. The highest BCUT2D eigenvalue weighted by atomic mass is 127. The van der Waals surface area contributed by atoms with Crippen molar-refractivity contribution in [2.75, 3.05) is 0 Å². The maximum atomic E-state index is 11.4. The van der Waals surface area contributed by atoms with Crippen LogP contribution < -0.4 is 0 Å². The van der Waals surface area contributed by atoms with Crippen molar-refractivity contribution in [2.24, 2.45) is 17.8 Å². The molecule has 1 aliphatic heterocycles. The number of hydrogen-bond acceptors (Lipinski definition) is 2.